The molecule has 48 heavy (non-hydrogen) atoms. The Morgan fingerprint density at radius 1 is 0.396 bits per heavy atom. The topological polar surface area (TPSA) is 23.6 Å². The van der Waals surface area contributed by atoms with E-state index in [1.54, 1.807) is 0 Å². The number of benzene rings is 7. The van der Waals surface area contributed by atoms with Gasteiger partial charge in [0, 0.05) is 39.4 Å². The smallest absolute Gasteiger partial charge is 0.197 e. The molecule has 7 aromatic rings. The lowest BCUT2D eigenvalue weighted by molar-refractivity contribution is 0.602. The van der Waals surface area contributed by atoms with Crippen LogP contribution in [-0.4, -0.2) is 0 Å². The Labute approximate surface area is 290 Å². The van der Waals surface area contributed by atoms with Crippen molar-refractivity contribution in [2.24, 2.45) is 0 Å². The van der Waals surface area contributed by atoms with Crippen molar-refractivity contribution < 1.29 is 4.57 Å². The molecule has 6 heteroatoms. The number of anilines is 6. The molecule has 0 amide bonds. The van der Waals surface area contributed by atoms with Crippen molar-refractivity contribution in [3.63, 3.8) is 0 Å². The average Bonchev–Trinajstić information content (AvgIpc) is 3.17. The Balaban J connectivity index is 1.36. The second-order valence-electron chi connectivity index (χ2n) is 11.2. The summed E-state index contributed by atoms with van der Waals surface area (Å²) >= 11 is 5.02. The summed E-state index contributed by atoms with van der Waals surface area (Å²) in [5.74, 6) is 0. The van der Waals surface area contributed by atoms with Crippen molar-refractivity contribution in [3.05, 3.63) is 188 Å². The Morgan fingerprint density at radius 2 is 0.750 bits per heavy atom. The van der Waals surface area contributed by atoms with E-state index < -0.39 is 6.58 Å². The average molecular weight is 675 g/mol. The third-order valence-corrected chi connectivity index (χ3v) is 11.3. The molecule has 0 N–H and O–H groups in total. The molecule has 232 valence electrons. The zero-order valence-electron chi connectivity index (χ0n) is 26.0. The molecule has 0 heterocycles. The first-order chi connectivity index (χ1) is 23.7. The molecule has 1 unspecified atom stereocenters. The van der Waals surface area contributed by atoms with Crippen LogP contribution in [0.4, 0.5) is 34.1 Å². The number of hydrogen-bond acceptors (Lipinski definition) is 4. The molecule has 0 aliphatic rings. The van der Waals surface area contributed by atoms with Crippen molar-refractivity contribution in [1.82, 2.24) is 0 Å². The molecule has 0 aromatic heterocycles. The van der Waals surface area contributed by atoms with Crippen LogP contribution in [-0.2, 0) is 25.3 Å². The van der Waals surface area contributed by atoms with E-state index >= 15 is 0 Å². The minimum Gasteiger partial charge on any atom is -0.311 e. The van der Waals surface area contributed by atoms with Crippen LogP contribution in [0.5, 0.6) is 0 Å². The van der Waals surface area contributed by atoms with E-state index in [2.05, 4.69) is 149 Å². The lowest BCUT2D eigenvalue weighted by atomic mass is 9.93. The van der Waals surface area contributed by atoms with Gasteiger partial charge in [0.05, 0.1) is 0 Å². The van der Waals surface area contributed by atoms with E-state index in [4.69, 9.17) is 11.2 Å². The lowest BCUT2D eigenvalue weighted by Gasteiger charge is -2.27. The predicted octanol–water partition coefficient (Wildman–Crippen LogP) is 11.9. The summed E-state index contributed by atoms with van der Waals surface area (Å²) in [6.45, 7) is -1.66. The minimum atomic E-state index is -1.66. The maximum absolute atomic E-state index is 12.5. The Kier molecular flexibility index (Phi) is 9.53. The highest BCUT2D eigenvalue weighted by Gasteiger charge is 2.17. The van der Waals surface area contributed by atoms with Crippen molar-refractivity contribution >= 4 is 66.7 Å². The molecule has 7 aromatic carbocycles. The van der Waals surface area contributed by atoms with E-state index in [1.165, 1.54) is 0 Å². The second-order valence-corrected chi connectivity index (χ2v) is 15.1. The first-order valence-corrected chi connectivity index (χ1v) is 19.2. The van der Waals surface area contributed by atoms with Crippen molar-refractivity contribution in [2.75, 3.05) is 9.80 Å². The van der Waals surface area contributed by atoms with Gasteiger partial charge < -0.3 is 9.80 Å². The Hall–Kier alpha value is -5.32. The molecule has 7 rings (SSSR count). The monoisotopic (exact) mass is 674 g/mol. The summed E-state index contributed by atoms with van der Waals surface area (Å²) < 4.78 is 12.5. The summed E-state index contributed by atoms with van der Waals surface area (Å²) in [5.41, 5.74) is 10.8. The molecule has 0 aliphatic heterocycles. The third-order valence-electron chi connectivity index (χ3n) is 8.21. The number of nitrogens with zero attached hydrogens (tertiary/aromatic N) is 2. The van der Waals surface area contributed by atoms with Crippen LogP contribution in [0.15, 0.2) is 188 Å². The number of para-hydroxylation sites is 4. The standard InChI is InChI=1S/C42H31N2OPS2/c45-46(48-47)40-28-23-33(24-29-40)42-31-39(44(36-17-9-3-10-18-36)37-19-11-4-12-20-37)27-30-41(42)32-21-25-38(26-22-32)43(34-13-5-1-6-14-34)35-15-7-2-8-16-35/h1-31H. The summed E-state index contributed by atoms with van der Waals surface area (Å²) in [5, 5.41) is 0.743. The highest BCUT2D eigenvalue weighted by molar-refractivity contribution is 8.34. The molecule has 0 bridgehead atoms. The molecule has 1 atom stereocenters. The Morgan fingerprint density at radius 3 is 1.19 bits per heavy atom. The molecule has 0 radical (unpaired) electrons. The van der Waals surface area contributed by atoms with Crippen molar-refractivity contribution in [1.29, 1.82) is 0 Å². The summed E-state index contributed by atoms with van der Waals surface area (Å²) in [6, 6.07) is 65.0. The molecule has 0 saturated carbocycles. The minimum absolute atomic E-state index is 0.743. The van der Waals surface area contributed by atoms with Gasteiger partial charge in [0.1, 0.15) is 0 Å². The van der Waals surface area contributed by atoms with Crippen LogP contribution < -0.4 is 15.1 Å². The van der Waals surface area contributed by atoms with Crippen molar-refractivity contribution in [3.8, 4) is 22.3 Å². The molecule has 0 aliphatic carbocycles. The van der Waals surface area contributed by atoms with Crippen molar-refractivity contribution in [2.45, 2.75) is 0 Å². The van der Waals surface area contributed by atoms with Gasteiger partial charge in [-0.05, 0) is 128 Å². The Bertz CT molecular complexity index is 2160. The molecular formula is C42H31N2OPS2. The van der Waals surface area contributed by atoms with Gasteiger partial charge in [0.15, 0.2) is 6.58 Å². The van der Waals surface area contributed by atoms with E-state index in [9.17, 15) is 4.57 Å². The normalized spacial score (nSPS) is 11.0. The number of rotatable bonds is 9. The van der Waals surface area contributed by atoms with E-state index in [0.717, 1.165) is 71.2 Å². The van der Waals surface area contributed by atoms with Gasteiger partial charge in [-0.1, -0.05) is 103 Å². The van der Waals surface area contributed by atoms with Crippen LogP contribution in [0.2, 0.25) is 0 Å². The highest BCUT2D eigenvalue weighted by atomic mass is 32.9. The van der Waals surface area contributed by atoms with Crippen LogP contribution in [0.1, 0.15) is 0 Å². The van der Waals surface area contributed by atoms with E-state index in [-0.39, 0.29) is 0 Å². The fourth-order valence-corrected chi connectivity index (χ4v) is 7.84. The number of hydrogen-bond donors (Lipinski definition) is 0. The highest BCUT2D eigenvalue weighted by Crippen LogP contribution is 2.42. The second kappa shape index (κ2) is 14.6. The predicted molar refractivity (Wildman–Crippen MR) is 209 cm³/mol. The molecule has 0 fully saturated rings. The maximum Gasteiger partial charge on any atom is 0.197 e. The van der Waals surface area contributed by atoms with Crippen LogP contribution in [0.25, 0.3) is 22.3 Å². The molecule has 3 nitrogen and oxygen atoms in total. The molecular weight excluding hydrogens is 644 g/mol. The molecule has 0 saturated heterocycles. The van der Waals surface area contributed by atoms with Crippen LogP contribution >= 0.6 is 6.58 Å². The SMILES string of the molecule is O=P(=S=S)c1ccc(-c2cc(N(c3ccccc3)c3ccccc3)ccc2-c2ccc(N(c3ccccc3)c3ccccc3)cc2)cc1. The van der Waals surface area contributed by atoms with Gasteiger partial charge in [0.25, 0.3) is 0 Å². The van der Waals surface area contributed by atoms with Gasteiger partial charge in [-0.25, -0.2) is 0 Å². The summed E-state index contributed by atoms with van der Waals surface area (Å²) in [4.78, 5) is 4.54. The zero-order valence-corrected chi connectivity index (χ0v) is 28.5. The fourth-order valence-electron chi connectivity index (χ4n) is 5.96. The zero-order chi connectivity index (χ0) is 32.7. The first-order valence-electron chi connectivity index (χ1n) is 15.6. The maximum atomic E-state index is 12.5. The van der Waals surface area contributed by atoms with E-state index in [0.29, 0.717) is 0 Å². The summed E-state index contributed by atoms with van der Waals surface area (Å²) in [6.07, 6.45) is 0. The van der Waals surface area contributed by atoms with Crippen LogP contribution in [0, 0.1) is 0 Å². The van der Waals surface area contributed by atoms with Gasteiger partial charge >= 0.3 is 0 Å². The van der Waals surface area contributed by atoms with Crippen LogP contribution in [0.3, 0.4) is 0 Å². The first kappa shape index (κ1) is 31.3. The fraction of sp³-hybridized carbons (Fsp3) is 0. The van der Waals surface area contributed by atoms with Gasteiger partial charge in [-0.15, -0.1) is 0 Å². The van der Waals surface area contributed by atoms with Gasteiger partial charge in [0.2, 0.25) is 0 Å². The third kappa shape index (κ3) is 6.71. The van der Waals surface area contributed by atoms with E-state index in [1.807, 2.05) is 48.5 Å². The van der Waals surface area contributed by atoms with Gasteiger partial charge in [-0.2, -0.15) is 0 Å². The quantitative estimate of drug-likeness (QED) is 0.142. The lowest BCUT2D eigenvalue weighted by Crippen LogP contribution is -2.10. The molecule has 0 spiro atoms. The summed E-state index contributed by atoms with van der Waals surface area (Å²) in [7, 11) is 0.963. The van der Waals surface area contributed by atoms with Gasteiger partial charge in [-0.3, -0.25) is 4.57 Å². The largest absolute Gasteiger partial charge is 0.311 e.